The molecule has 5 nitrogen and oxygen atoms in total. The molecule has 3 aromatic carbocycles. The molecule has 0 saturated heterocycles. The van der Waals surface area contributed by atoms with Crippen LogP contribution in [0.4, 0.5) is 4.39 Å². The minimum Gasteiger partial charge on any atom is -0.487 e. The average Bonchev–Trinajstić information content (AvgIpc) is 3.12. The Morgan fingerprint density at radius 1 is 1.10 bits per heavy atom. The van der Waals surface area contributed by atoms with Crippen LogP contribution >= 0.6 is 23.8 Å². The maximum Gasteiger partial charge on any atom is 0.216 e. The molecule has 150 valence electrons. The average molecular weight is 439 g/mol. The molecular weight excluding hydrogens is 423 g/mol. The molecule has 0 saturated carbocycles. The predicted molar refractivity (Wildman–Crippen MR) is 118 cm³/mol. The molecular formula is C22H16ClFN4OS. The van der Waals surface area contributed by atoms with Crippen molar-refractivity contribution in [2.75, 3.05) is 0 Å². The van der Waals surface area contributed by atoms with E-state index in [1.165, 1.54) is 12.1 Å². The molecule has 1 N–H and O–H groups in total. The van der Waals surface area contributed by atoms with Crippen molar-refractivity contribution in [2.45, 2.75) is 6.61 Å². The summed E-state index contributed by atoms with van der Waals surface area (Å²) in [6.07, 6.45) is 1.64. The summed E-state index contributed by atoms with van der Waals surface area (Å²) >= 11 is 11.6. The van der Waals surface area contributed by atoms with Gasteiger partial charge in [-0.15, -0.1) is 0 Å². The van der Waals surface area contributed by atoms with Crippen molar-refractivity contribution >= 4 is 30.0 Å². The Morgan fingerprint density at radius 2 is 1.93 bits per heavy atom. The lowest BCUT2D eigenvalue weighted by Gasteiger charge is -2.09. The second kappa shape index (κ2) is 9.02. The van der Waals surface area contributed by atoms with Crippen LogP contribution in [0.3, 0.4) is 0 Å². The minimum atomic E-state index is -0.304. The van der Waals surface area contributed by atoms with Gasteiger partial charge in [0.15, 0.2) is 5.82 Å². The van der Waals surface area contributed by atoms with Gasteiger partial charge in [-0.2, -0.15) is 14.9 Å². The van der Waals surface area contributed by atoms with Crippen molar-refractivity contribution in [1.82, 2.24) is 14.9 Å². The summed E-state index contributed by atoms with van der Waals surface area (Å²) in [6.45, 7) is 0.218. The molecule has 0 amide bonds. The highest BCUT2D eigenvalue weighted by Crippen LogP contribution is 2.26. The fourth-order valence-corrected chi connectivity index (χ4v) is 3.22. The van der Waals surface area contributed by atoms with E-state index in [1.54, 1.807) is 35.2 Å². The molecule has 30 heavy (non-hydrogen) atoms. The van der Waals surface area contributed by atoms with Gasteiger partial charge in [0.05, 0.1) is 11.2 Å². The first-order valence-corrected chi connectivity index (χ1v) is 9.83. The smallest absolute Gasteiger partial charge is 0.216 e. The maximum atomic E-state index is 13.3. The molecule has 1 aromatic heterocycles. The topological polar surface area (TPSA) is 55.2 Å². The zero-order valence-corrected chi connectivity index (χ0v) is 17.2. The van der Waals surface area contributed by atoms with E-state index in [4.69, 9.17) is 28.6 Å². The molecule has 0 aliphatic rings. The maximum absolute atomic E-state index is 13.3. The van der Waals surface area contributed by atoms with E-state index in [2.05, 4.69) is 15.3 Å². The van der Waals surface area contributed by atoms with Gasteiger partial charge >= 0.3 is 0 Å². The van der Waals surface area contributed by atoms with Crippen LogP contribution in [-0.4, -0.2) is 21.1 Å². The van der Waals surface area contributed by atoms with Gasteiger partial charge in [0.1, 0.15) is 18.2 Å². The van der Waals surface area contributed by atoms with E-state index in [-0.39, 0.29) is 12.4 Å². The third-order valence-electron chi connectivity index (χ3n) is 4.24. The largest absolute Gasteiger partial charge is 0.487 e. The summed E-state index contributed by atoms with van der Waals surface area (Å²) in [7, 11) is 0. The van der Waals surface area contributed by atoms with Crippen molar-refractivity contribution in [3.05, 3.63) is 99.5 Å². The number of H-pyrrole nitrogens is 1. The number of nitrogens with one attached hydrogen (secondary N) is 1. The van der Waals surface area contributed by atoms with Crippen LogP contribution in [0, 0.1) is 10.6 Å². The number of nitrogens with zero attached hydrogens (tertiary/aromatic N) is 3. The SMILES string of the molecule is Fc1cccc(COc2ccc(C=Nn3c(-c4ccccc4)n[nH]c3=S)cc2Cl)c1. The van der Waals surface area contributed by atoms with Gasteiger partial charge in [-0.1, -0.05) is 54.1 Å². The highest BCUT2D eigenvalue weighted by Gasteiger charge is 2.08. The monoisotopic (exact) mass is 438 g/mol. The lowest BCUT2D eigenvalue weighted by atomic mass is 10.2. The van der Waals surface area contributed by atoms with E-state index >= 15 is 0 Å². The standard InChI is InChI=1S/C22H16ClFN4OS/c23-19-12-15(9-10-20(19)29-14-16-5-4-8-18(24)11-16)13-25-28-21(26-27-22(28)30)17-6-2-1-3-7-17/h1-13H,14H2,(H,27,30). The van der Waals surface area contributed by atoms with Gasteiger partial charge in [-0.05, 0) is 53.7 Å². The Bertz CT molecular complexity index is 1250. The van der Waals surface area contributed by atoms with E-state index in [0.29, 0.717) is 21.4 Å². The molecule has 0 spiro atoms. The second-order valence-electron chi connectivity index (χ2n) is 6.38. The molecule has 4 aromatic rings. The third-order valence-corrected chi connectivity index (χ3v) is 4.80. The fourth-order valence-electron chi connectivity index (χ4n) is 2.80. The molecule has 0 bridgehead atoms. The molecule has 0 fully saturated rings. The zero-order chi connectivity index (χ0) is 20.9. The lowest BCUT2D eigenvalue weighted by molar-refractivity contribution is 0.306. The molecule has 0 radical (unpaired) electrons. The van der Waals surface area contributed by atoms with Gasteiger partial charge < -0.3 is 4.74 Å². The highest BCUT2D eigenvalue weighted by molar-refractivity contribution is 7.71. The first-order chi connectivity index (χ1) is 14.6. The number of hydrogen-bond donors (Lipinski definition) is 1. The number of aromatic amines is 1. The van der Waals surface area contributed by atoms with E-state index < -0.39 is 0 Å². The molecule has 0 unspecified atom stereocenters. The molecule has 0 aliphatic heterocycles. The van der Waals surface area contributed by atoms with E-state index in [1.807, 2.05) is 36.4 Å². The molecule has 8 heteroatoms. The van der Waals surface area contributed by atoms with Crippen LogP contribution in [0.2, 0.25) is 5.02 Å². The Labute approximate surface area is 182 Å². The van der Waals surface area contributed by atoms with Crippen LogP contribution < -0.4 is 4.74 Å². The fraction of sp³-hybridized carbons (Fsp3) is 0.0455. The van der Waals surface area contributed by atoms with Crippen LogP contribution in [-0.2, 0) is 6.61 Å². The number of ether oxygens (including phenoxy) is 1. The first-order valence-electron chi connectivity index (χ1n) is 9.04. The number of benzene rings is 3. The van der Waals surface area contributed by atoms with Gasteiger partial charge in [0.2, 0.25) is 4.77 Å². The summed E-state index contributed by atoms with van der Waals surface area (Å²) in [5.74, 6) is 0.808. The molecule has 0 aliphatic carbocycles. The second-order valence-corrected chi connectivity index (χ2v) is 7.18. The van der Waals surface area contributed by atoms with Crippen molar-refractivity contribution in [3.8, 4) is 17.1 Å². The third kappa shape index (κ3) is 4.64. The number of rotatable bonds is 6. The Morgan fingerprint density at radius 3 is 2.70 bits per heavy atom. The summed E-state index contributed by atoms with van der Waals surface area (Å²) < 4.78 is 20.9. The zero-order valence-electron chi connectivity index (χ0n) is 15.6. The van der Waals surface area contributed by atoms with Crippen molar-refractivity contribution in [2.24, 2.45) is 5.10 Å². The summed E-state index contributed by atoms with van der Waals surface area (Å²) in [5.41, 5.74) is 2.38. The van der Waals surface area contributed by atoms with E-state index in [0.717, 1.165) is 16.7 Å². The Kier molecular flexibility index (Phi) is 6.02. The van der Waals surface area contributed by atoms with Crippen molar-refractivity contribution in [3.63, 3.8) is 0 Å². The van der Waals surface area contributed by atoms with Crippen LogP contribution in [0.5, 0.6) is 5.75 Å². The normalized spacial score (nSPS) is 11.1. The highest BCUT2D eigenvalue weighted by atomic mass is 35.5. The summed E-state index contributed by atoms with van der Waals surface area (Å²) in [6, 6.07) is 21.2. The van der Waals surface area contributed by atoms with Gasteiger partial charge in [-0.3, -0.25) is 0 Å². The Hall–Kier alpha value is -3.29. The number of hydrogen-bond acceptors (Lipinski definition) is 4. The predicted octanol–water partition coefficient (Wildman–Crippen LogP) is 5.86. The van der Waals surface area contributed by atoms with Gasteiger partial charge in [0.25, 0.3) is 0 Å². The first kappa shape index (κ1) is 20.0. The van der Waals surface area contributed by atoms with E-state index in [9.17, 15) is 4.39 Å². The quantitative estimate of drug-likeness (QED) is 0.303. The summed E-state index contributed by atoms with van der Waals surface area (Å²) in [4.78, 5) is 0. The lowest BCUT2D eigenvalue weighted by Crippen LogP contribution is -1.97. The molecule has 1 heterocycles. The van der Waals surface area contributed by atoms with Crippen LogP contribution in [0.25, 0.3) is 11.4 Å². The van der Waals surface area contributed by atoms with Gasteiger partial charge in [0, 0.05) is 5.56 Å². The van der Waals surface area contributed by atoms with Crippen molar-refractivity contribution < 1.29 is 9.13 Å². The van der Waals surface area contributed by atoms with Crippen LogP contribution in [0.15, 0.2) is 77.9 Å². The number of halogens is 2. The molecule has 4 rings (SSSR count). The Balaban J connectivity index is 1.51. The number of aromatic nitrogens is 3. The van der Waals surface area contributed by atoms with Crippen LogP contribution in [0.1, 0.15) is 11.1 Å². The van der Waals surface area contributed by atoms with Crippen molar-refractivity contribution in [1.29, 1.82) is 0 Å². The minimum absolute atomic E-state index is 0.218. The molecule has 0 atom stereocenters. The van der Waals surface area contributed by atoms with Gasteiger partial charge in [-0.25, -0.2) is 9.49 Å². The summed E-state index contributed by atoms with van der Waals surface area (Å²) in [5, 5.41) is 11.9.